The van der Waals surface area contributed by atoms with Gasteiger partial charge in [-0.15, -0.1) is 0 Å². The largest absolute Gasteiger partial charge is 0.455 e. The monoisotopic (exact) mass is 1980 g/mol. The van der Waals surface area contributed by atoms with E-state index in [1.54, 1.807) is 0 Å². The van der Waals surface area contributed by atoms with Gasteiger partial charge in [-0.05, 0) is 223 Å². The summed E-state index contributed by atoms with van der Waals surface area (Å²) in [6.45, 7) is 0. The van der Waals surface area contributed by atoms with Crippen molar-refractivity contribution >= 4 is 276 Å². The number of nitrogens with zero attached hydrogens (tertiary/aromatic N) is 10. The summed E-state index contributed by atoms with van der Waals surface area (Å²) in [4.78, 5) is 44.6. The molecule has 15 nitrogen and oxygen atoms in total. The third-order valence-corrected chi connectivity index (χ3v) is 28.1. The molecule has 0 aliphatic carbocycles. The van der Waals surface area contributed by atoms with E-state index >= 15 is 0 Å². The lowest BCUT2D eigenvalue weighted by molar-refractivity contribution is 0.670. The number of para-hydroxylation sites is 6. The number of fused-ring (bicyclic) bond motifs is 29. The molecule has 0 saturated heterocycles. The summed E-state index contributed by atoms with van der Waals surface area (Å²) < 4.78 is 31.8. The van der Waals surface area contributed by atoms with E-state index in [2.05, 4.69) is 244 Å². The summed E-state index contributed by atoms with van der Waals surface area (Å²) in [5.74, 6) is 0. The van der Waals surface area contributed by atoms with Crippen LogP contribution < -0.4 is 0 Å². The molecule has 0 unspecified atom stereocenters. The van der Waals surface area contributed by atoms with Crippen molar-refractivity contribution in [3.8, 4) is 67.4 Å². The molecule has 0 aliphatic rings. The van der Waals surface area contributed by atoms with Crippen LogP contribution in [0.4, 0.5) is 0 Å². The maximum absolute atomic E-state index is 6.52. The molecule has 31 aromatic rings. The number of aromatic nitrogens is 10. The predicted molar refractivity (Wildman–Crippen MR) is 599 cm³/mol. The van der Waals surface area contributed by atoms with E-state index in [0.29, 0.717) is 0 Å². The van der Waals surface area contributed by atoms with Crippen molar-refractivity contribution < 1.29 is 22.1 Å². The van der Waals surface area contributed by atoms with Crippen molar-refractivity contribution in [1.29, 1.82) is 0 Å². The van der Waals surface area contributed by atoms with Gasteiger partial charge in [0.05, 0.1) is 56.1 Å². The number of rotatable bonds is 6. The van der Waals surface area contributed by atoms with Gasteiger partial charge in [-0.2, -0.15) is 0 Å². The van der Waals surface area contributed by atoms with E-state index in [9.17, 15) is 0 Å². The normalized spacial score (nSPS) is 11.7. The second-order valence-corrected chi connectivity index (χ2v) is 37.4. The van der Waals surface area contributed by atoms with Crippen molar-refractivity contribution in [2.24, 2.45) is 0 Å². The third-order valence-electron chi connectivity index (χ3n) is 27.2. The topological polar surface area (TPSA) is 195 Å². The minimum atomic E-state index is 0.216. The van der Waals surface area contributed by atoms with Crippen molar-refractivity contribution in [3.05, 3.63) is 445 Å². The summed E-state index contributed by atoms with van der Waals surface area (Å²) >= 11 is 31.2. The minimum Gasteiger partial charge on any atom is -0.455 e. The highest BCUT2D eigenvalue weighted by Crippen LogP contribution is 2.48. The summed E-state index contributed by atoms with van der Waals surface area (Å²) in [5.41, 5.74) is 23.7. The molecule has 31 rings (SSSR count). The Morgan fingerprint density at radius 2 is 0.466 bits per heavy atom. The molecule has 688 valence electrons. The summed E-state index contributed by atoms with van der Waals surface area (Å²) in [6.07, 6.45) is 0. The van der Waals surface area contributed by atoms with Crippen LogP contribution in [-0.2, 0) is 0 Å². The first kappa shape index (κ1) is 87.1. The average molecular weight is 1980 g/mol. The number of furan rings is 5. The summed E-state index contributed by atoms with van der Waals surface area (Å²) in [5, 5.41) is 28.2. The van der Waals surface area contributed by atoms with Gasteiger partial charge in [0, 0.05) is 130 Å². The maximum Gasteiger partial charge on any atom is 0.223 e. The second kappa shape index (κ2) is 35.9. The lowest BCUT2D eigenvalue weighted by Crippen LogP contribution is -1.92. The van der Waals surface area contributed by atoms with E-state index in [0.717, 1.165) is 269 Å². The molecule has 0 amide bonds. The fourth-order valence-corrected chi connectivity index (χ4v) is 21.5. The quantitative estimate of drug-likeness (QED) is 0.143. The smallest absolute Gasteiger partial charge is 0.223 e. The Morgan fingerprint density at radius 1 is 0.144 bits per heavy atom. The van der Waals surface area contributed by atoms with Gasteiger partial charge in [0.25, 0.3) is 0 Å². The molecular formula is C126H69Cl5N10O5. The number of hydrogen-bond donors (Lipinski definition) is 0. The Morgan fingerprint density at radius 3 is 0.986 bits per heavy atom. The Labute approximate surface area is 853 Å². The van der Waals surface area contributed by atoms with Crippen molar-refractivity contribution in [1.82, 2.24) is 49.8 Å². The van der Waals surface area contributed by atoms with Crippen LogP contribution in [0.15, 0.2) is 441 Å². The Bertz CT molecular complexity index is 10700. The van der Waals surface area contributed by atoms with Crippen LogP contribution in [0.2, 0.25) is 26.4 Å². The van der Waals surface area contributed by atoms with E-state index in [1.165, 1.54) is 16.2 Å². The molecule has 20 heteroatoms. The van der Waals surface area contributed by atoms with Crippen molar-refractivity contribution in [2.45, 2.75) is 0 Å². The third kappa shape index (κ3) is 15.4. The molecule has 0 N–H and O–H groups in total. The average Bonchev–Trinajstić information content (AvgIpc) is 1.58. The van der Waals surface area contributed by atoms with E-state index in [4.69, 9.17) is 80.1 Å². The fourth-order valence-electron chi connectivity index (χ4n) is 20.6. The van der Waals surface area contributed by atoms with Gasteiger partial charge in [-0.3, -0.25) is 0 Å². The first-order chi connectivity index (χ1) is 71.9. The molecule has 0 saturated carbocycles. The SMILES string of the molecule is Clc1nc(-c2cc(-c3ccccc3)cc3c2oc2cc4ccccc4cc23)c2ccccc2n1.Clc1nc(-c2ccc3c(c2)oc2c4ccccc4ccc32)c2ccccc2n1.Clc1nc(-c2ccc3oc4c5ccccc5ccc4c3c2)c2ccccc2n1.Clc1nc(-c2cccc3c2oc2c4ccccc4ccc32)c2ccccc2n1.Clc1nc(-c2cccc3oc4c5ccccc5ccc4c23)c2ccccc2n1. The fraction of sp³-hybridized carbons (Fsp3) is 0. The molecular weight excluding hydrogens is 1910 g/mol. The molecule has 0 spiro atoms. The van der Waals surface area contributed by atoms with Crippen LogP contribution in [0.25, 0.3) is 285 Å². The molecule has 0 radical (unpaired) electrons. The van der Waals surface area contributed by atoms with Crippen LogP contribution in [-0.4, -0.2) is 49.8 Å². The Balaban J connectivity index is 0.0000000907. The molecule has 10 aromatic heterocycles. The van der Waals surface area contributed by atoms with Gasteiger partial charge < -0.3 is 22.1 Å². The minimum absolute atomic E-state index is 0.216. The highest BCUT2D eigenvalue weighted by molar-refractivity contribution is 6.32. The van der Waals surface area contributed by atoms with Gasteiger partial charge in [-0.25, -0.2) is 49.8 Å². The second-order valence-electron chi connectivity index (χ2n) is 35.7. The Hall–Kier alpha value is -17.9. The molecule has 146 heavy (non-hydrogen) atoms. The van der Waals surface area contributed by atoms with Crippen LogP contribution in [0.5, 0.6) is 0 Å². The lowest BCUT2D eigenvalue weighted by Gasteiger charge is -2.10. The first-order valence-corrected chi connectivity index (χ1v) is 49.2. The molecule has 21 aromatic carbocycles. The standard InChI is InChI=1S/C30H17ClN2O.4C24H13ClN2O/c31-30-32-26-13-7-6-12-22(26)28(33-30)25-16-21(18-8-2-1-3-9-18)15-24-23-14-19-10-4-5-11-20(19)17-27(23)34-29(24)25;25-24-26-20-11-4-3-8-18(20)21(27-24)19-10-5-9-16-17-13-12-14-6-1-2-7-15(14)22(17)28-23(16)19;25-24-26-19-10-4-3-8-16(19)22(27-24)17-9-5-11-20-21(17)18-13-12-14-6-1-2-7-15(14)23(18)28-20;25-24-26-20-8-4-3-7-19(20)22(27-24)15-10-11-17-18-12-9-14-5-1-2-6-16(14)23(18)28-21(17)13-15;25-24-26-20-8-4-3-7-18(20)22(27-24)15-10-12-21-19(13-15)17-11-9-14-5-1-2-6-16(14)23(17)28-21/h1-17H;4*1-13H. The van der Waals surface area contributed by atoms with E-state index < -0.39 is 0 Å². The maximum atomic E-state index is 6.52. The highest BCUT2D eigenvalue weighted by Gasteiger charge is 2.26. The summed E-state index contributed by atoms with van der Waals surface area (Å²) in [6, 6.07) is 142. The van der Waals surface area contributed by atoms with Crippen LogP contribution in [0.1, 0.15) is 0 Å². The molecule has 0 fully saturated rings. The summed E-state index contributed by atoms with van der Waals surface area (Å²) in [7, 11) is 0. The van der Waals surface area contributed by atoms with Crippen LogP contribution in [0, 0.1) is 0 Å². The lowest BCUT2D eigenvalue weighted by atomic mass is 9.96. The molecule has 10 heterocycles. The Kier molecular flexibility index (Phi) is 21.4. The van der Waals surface area contributed by atoms with Gasteiger partial charge in [0.1, 0.15) is 55.8 Å². The van der Waals surface area contributed by atoms with Crippen molar-refractivity contribution in [2.75, 3.05) is 0 Å². The van der Waals surface area contributed by atoms with Crippen molar-refractivity contribution in [3.63, 3.8) is 0 Å². The zero-order valence-corrected chi connectivity index (χ0v) is 80.5. The molecule has 0 aliphatic heterocycles. The van der Waals surface area contributed by atoms with Gasteiger partial charge in [0.15, 0.2) is 0 Å². The van der Waals surface area contributed by atoms with Gasteiger partial charge >= 0.3 is 0 Å². The van der Waals surface area contributed by atoms with Gasteiger partial charge in [0.2, 0.25) is 26.4 Å². The van der Waals surface area contributed by atoms with E-state index in [-0.39, 0.29) is 26.4 Å². The number of hydrogen-bond acceptors (Lipinski definition) is 15. The van der Waals surface area contributed by atoms with Gasteiger partial charge in [-0.1, -0.05) is 297 Å². The highest BCUT2D eigenvalue weighted by atomic mass is 35.5. The molecule has 0 bridgehead atoms. The van der Waals surface area contributed by atoms with E-state index in [1.807, 2.05) is 224 Å². The number of halogens is 5. The number of benzene rings is 21. The zero-order valence-electron chi connectivity index (χ0n) is 76.7. The predicted octanol–water partition coefficient (Wildman–Crippen LogP) is 36.7. The van der Waals surface area contributed by atoms with Crippen LogP contribution >= 0.6 is 58.0 Å². The van der Waals surface area contributed by atoms with Crippen LogP contribution in [0.3, 0.4) is 0 Å². The molecule has 0 atom stereocenters. The first-order valence-electron chi connectivity index (χ1n) is 47.3. The zero-order chi connectivity index (χ0) is 97.3.